The van der Waals surface area contributed by atoms with E-state index in [9.17, 15) is 4.79 Å². The van der Waals surface area contributed by atoms with E-state index in [0.29, 0.717) is 13.2 Å². The van der Waals surface area contributed by atoms with Crippen molar-refractivity contribution in [3.63, 3.8) is 0 Å². The van der Waals surface area contributed by atoms with Gasteiger partial charge in [-0.1, -0.05) is 0 Å². The first kappa shape index (κ1) is 9.23. The number of rotatable bonds is 4. The third kappa shape index (κ3) is 5.37. The van der Waals surface area contributed by atoms with Gasteiger partial charge in [0.1, 0.15) is 6.10 Å². The predicted octanol–water partition coefficient (Wildman–Crippen LogP) is 1.11. The fourth-order valence-corrected chi connectivity index (χ4v) is 0.490. The van der Waals surface area contributed by atoms with Gasteiger partial charge >= 0.3 is 6.16 Å². The van der Waals surface area contributed by atoms with Crippen LogP contribution in [-0.4, -0.2) is 30.6 Å². The minimum absolute atomic E-state index is 0.322. The molecule has 0 aromatic heterocycles. The van der Waals surface area contributed by atoms with Crippen molar-refractivity contribution in [3.8, 4) is 0 Å². The molecule has 60 valence electrons. The lowest BCUT2D eigenvalue weighted by molar-refractivity contribution is 0.00947. The van der Waals surface area contributed by atoms with Gasteiger partial charge in [0.05, 0.1) is 6.61 Å². The molecule has 1 atom stereocenters. The molecule has 0 bridgehead atoms. The van der Waals surface area contributed by atoms with Gasteiger partial charge in [0.15, 0.2) is 0 Å². The van der Waals surface area contributed by atoms with E-state index in [-0.39, 0.29) is 6.10 Å². The molecule has 0 amide bonds. The quantitative estimate of drug-likeness (QED) is 0.606. The van der Waals surface area contributed by atoms with E-state index in [4.69, 9.17) is 9.84 Å². The summed E-state index contributed by atoms with van der Waals surface area (Å²) < 4.78 is 9.25. The Morgan fingerprint density at radius 1 is 1.70 bits per heavy atom. The fraction of sp³-hybridized carbons (Fsp3) is 0.833. The number of carboxylic acid groups (broad SMARTS) is 1. The number of hydrogen-bond acceptors (Lipinski definition) is 3. The van der Waals surface area contributed by atoms with Gasteiger partial charge in [-0.05, 0) is 13.8 Å². The topological polar surface area (TPSA) is 55.8 Å². The first-order valence-corrected chi connectivity index (χ1v) is 3.14. The molecular weight excluding hydrogens is 136 g/mol. The molecule has 0 aromatic carbocycles. The van der Waals surface area contributed by atoms with Crippen molar-refractivity contribution in [2.24, 2.45) is 0 Å². The lowest BCUT2D eigenvalue weighted by Crippen LogP contribution is -2.18. The Hall–Kier alpha value is -0.770. The average molecular weight is 148 g/mol. The largest absolute Gasteiger partial charge is 0.506 e. The van der Waals surface area contributed by atoms with Crippen LogP contribution in [0.4, 0.5) is 4.79 Å². The molecule has 0 saturated carbocycles. The molecule has 0 heterocycles. The van der Waals surface area contributed by atoms with Crippen molar-refractivity contribution in [1.29, 1.82) is 0 Å². The van der Waals surface area contributed by atoms with Crippen molar-refractivity contribution in [1.82, 2.24) is 0 Å². The zero-order chi connectivity index (χ0) is 7.98. The standard InChI is InChI=1S/C6H12O4/c1-3-9-4-5(2)10-6(7)8/h5H,3-4H2,1-2H3,(H,7,8). The Kier molecular flexibility index (Phi) is 4.66. The Balaban J connectivity index is 3.25. The van der Waals surface area contributed by atoms with E-state index in [1.807, 2.05) is 6.92 Å². The average Bonchev–Trinajstić information content (AvgIpc) is 1.82. The molecule has 1 unspecified atom stereocenters. The van der Waals surface area contributed by atoms with Crippen molar-refractivity contribution in [3.05, 3.63) is 0 Å². The van der Waals surface area contributed by atoms with Gasteiger partial charge in [-0.2, -0.15) is 0 Å². The van der Waals surface area contributed by atoms with Gasteiger partial charge < -0.3 is 14.6 Å². The summed E-state index contributed by atoms with van der Waals surface area (Å²) >= 11 is 0. The summed E-state index contributed by atoms with van der Waals surface area (Å²) in [6.07, 6.45) is -1.63. The highest BCUT2D eigenvalue weighted by atomic mass is 16.7. The lowest BCUT2D eigenvalue weighted by Gasteiger charge is -2.08. The van der Waals surface area contributed by atoms with Crippen LogP contribution in [0.25, 0.3) is 0 Å². The van der Waals surface area contributed by atoms with Crippen molar-refractivity contribution < 1.29 is 19.4 Å². The molecule has 0 rings (SSSR count). The Morgan fingerprint density at radius 3 is 2.70 bits per heavy atom. The zero-order valence-electron chi connectivity index (χ0n) is 6.16. The minimum atomic E-state index is -1.26. The number of carbonyl (C=O) groups is 1. The van der Waals surface area contributed by atoms with Gasteiger partial charge in [-0.3, -0.25) is 0 Å². The molecule has 0 fully saturated rings. The zero-order valence-corrected chi connectivity index (χ0v) is 6.16. The summed E-state index contributed by atoms with van der Waals surface area (Å²) in [6.45, 7) is 4.38. The molecule has 0 radical (unpaired) electrons. The van der Waals surface area contributed by atoms with E-state index in [1.54, 1.807) is 6.92 Å². The van der Waals surface area contributed by atoms with Crippen molar-refractivity contribution in [2.75, 3.05) is 13.2 Å². The second-order valence-corrected chi connectivity index (χ2v) is 1.85. The van der Waals surface area contributed by atoms with Crippen LogP contribution in [0.15, 0.2) is 0 Å². The van der Waals surface area contributed by atoms with Crippen LogP contribution >= 0.6 is 0 Å². The van der Waals surface area contributed by atoms with E-state index in [0.717, 1.165) is 0 Å². The van der Waals surface area contributed by atoms with Crippen molar-refractivity contribution >= 4 is 6.16 Å². The fourth-order valence-electron chi connectivity index (χ4n) is 0.490. The van der Waals surface area contributed by atoms with Gasteiger partial charge in [0.2, 0.25) is 0 Å². The highest BCUT2D eigenvalue weighted by Gasteiger charge is 2.05. The molecular formula is C6H12O4. The van der Waals surface area contributed by atoms with Crippen LogP contribution in [0.5, 0.6) is 0 Å². The summed E-state index contributed by atoms with van der Waals surface area (Å²) in [6, 6.07) is 0. The minimum Gasteiger partial charge on any atom is -0.450 e. The van der Waals surface area contributed by atoms with Gasteiger partial charge in [-0.25, -0.2) is 4.79 Å². The van der Waals surface area contributed by atoms with Gasteiger partial charge in [-0.15, -0.1) is 0 Å². The molecule has 0 aliphatic rings. The Morgan fingerprint density at radius 2 is 2.30 bits per heavy atom. The summed E-state index contributed by atoms with van der Waals surface area (Å²) in [5.74, 6) is 0. The summed E-state index contributed by atoms with van der Waals surface area (Å²) in [7, 11) is 0. The molecule has 0 aromatic rings. The first-order chi connectivity index (χ1) is 4.66. The Labute approximate surface area is 59.7 Å². The molecule has 0 spiro atoms. The SMILES string of the molecule is CCOCC(C)OC(=O)O. The molecule has 4 heteroatoms. The highest BCUT2D eigenvalue weighted by Crippen LogP contribution is 1.91. The number of hydrogen-bond donors (Lipinski definition) is 1. The molecule has 10 heavy (non-hydrogen) atoms. The molecule has 4 nitrogen and oxygen atoms in total. The number of ether oxygens (including phenoxy) is 2. The maximum Gasteiger partial charge on any atom is 0.506 e. The molecule has 0 saturated heterocycles. The van der Waals surface area contributed by atoms with Crippen molar-refractivity contribution in [2.45, 2.75) is 20.0 Å². The second-order valence-electron chi connectivity index (χ2n) is 1.85. The van der Waals surface area contributed by atoms with Crippen LogP contribution in [-0.2, 0) is 9.47 Å². The summed E-state index contributed by atoms with van der Waals surface area (Å²) in [4.78, 5) is 9.90. The normalized spacial score (nSPS) is 12.6. The van der Waals surface area contributed by atoms with E-state index in [2.05, 4.69) is 4.74 Å². The lowest BCUT2D eigenvalue weighted by atomic mass is 10.4. The molecule has 0 aliphatic carbocycles. The smallest absolute Gasteiger partial charge is 0.450 e. The highest BCUT2D eigenvalue weighted by molar-refractivity contribution is 5.56. The Bertz CT molecular complexity index is 102. The van der Waals surface area contributed by atoms with E-state index < -0.39 is 6.16 Å². The van der Waals surface area contributed by atoms with Crippen LogP contribution in [0, 0.1) is 0 Å². The monoisotopic (exact) mass is 148 g/mol. The maximum absolute atomic E-state index is 9.90. The van der Waals surface area contributed by atoms with Crippen LogP contribution in [0.1, 0.15) is 13.8 Å². The van der Waals surface area contributed by atoms with E-state index in [1.165, 1.54) is 0 Å². The van der Waals surface area contributed by atoms with Gasteiger partial charge in [0, 0.05) is 6.61 Å². The second kappa shape index (κ2) is 5.05. The summed E-state index contributed by atoms with van der Waals surface area (Å²) in [5, 5.41) is 8.11. The van der Waals surface area contributed by atoms with Crippen LogP contribution in [0.3, 0.4) is 0 Å². The van der Waals surface area contributed by atoms with E-state index >= 15 is 0 Å². The molecule has 0 aliphatic heterocycles. The van der Waals surface area contributed by atoms with Crippen LogP contribution < -0.4 is 0 Å². The maximum atomic E-state index is 9.90. The van der Waals surface area contributed by atoms with Crippen LogP contribution in [0.2, 0.25) is 0 Å². The van der Waals surface area contributed by atoms with Gasteiger partial charge in [0.25, 0.3) is 0 Å². The summed E-state index contributed by atoms with van der Waals surface area (Å²) in [5.41, 5.74) is 0. The third-order valence-corrected chi connectivity index (χ3v) is 0.859. The predicted molar refractivity (Wildman–Crippen MR) is 35.1 cm³/mol. The molecule has 1 N–H and O–H groups in total. The first-order valence-electron chi connectivity index (χ1n) is 3.14. The third-order valence-electron chi connectivity index (χ3n) is 0.859.